The van der Waals surface area contributed by atoms with Crippen molar-refractivity contribution < 1.29 is 80.2 Å². The van der Waals surface area contributed by atoms with Crippen molar-refractivity contribution in [3.05, 3.63) is 0 Å². The number of hydrogen-bond acceptors (Lipinski definition) is 15. The molecule has 0 radical (unpaired) electrons. The van der Waals surface area contributed by atoms with E-state index in [9.17, 15) is 43.2 Å². The Labute approximate surface area is 581 Å². The van der Waals surface area contributed by atoms with Crippen LogP contribution < -0.4 is 0 Å². The normalized spacial score (nSPS) is 14.1. The van der Waals surface area contributed by atoms with Crippen LogP contribution in [0.15, 0.2) is 0 Å². The first-order chi connectivity index (χ1) is 45.7. The number of carbonyl (C=O) groups excluding carboxylic acids is 4. The number of hydrogen-bond donors (Lipinski definition) is 3. The van der Waals surface area contributed by atoms with E-state index in [1.165, 1.54) is 193 Å². The second-order valence-electron chi connectivity index (χ2n) is 28.8. The molecule has 0 aromatic heterocycles. The molecule has 564 valence electrons. The average Bonchev–Trinajstić information content (AvgIpc) is 3.13. The second-order valence-corrected chi connectivity index (χ2v) is 31.7. The van der Waals surface area contributed by atoms with Gasteiger partial charge in [-0.3, -0.25) is 37.3 Å². The molecule has 0 aliphatic heterocycles. The van der Waals surface area contributed by atoms with Gasteiger partial charge in [0.2, 0.25) is 0 Å². The fourth-order valence-corrected chi connectivity index (χ4v) is 13.2. The highest BCUT2D eigenvalue weighted by atomic mass is 31.2. The number of esters is 4. The molecule has 19 heteroatoms. The Morgan fingerprint density at radius 3 is 0.716 bits per heavy atom. The first-order valence-electron chi connectivity index (χ1n) is 39.3. The van der Waals surface area contributed by atoms with Gasteiger partial charge < -0.3 is 33.8 Å². The van der Waals surface area contributed by atoms with Gasteiger partial charge in [-0.1, -0.05) is 337 Å². The molecule has 17 nitrogen and oxygen atoms in total. The summed E-state index contributed by atoms with van der Waals surface area (Å²) >= 11 is 0. The molecular weight excluding hydrogens is 1250 g/mol. The topological polar surface area (TPSA) is 237 Å². The Morgan fingerprint density at radius 1 is 0.284 bits per heavy atom. The van der Waals surface area contributed by atoms with Crippen molar-refractivity contribution in [1.82, 2.24) is 0 Å². The van der Waals surface area contributed by atoms with Crippen LogP contribution in [-0.2, 0) is 65.4 Å². The fourth-order valence-electron chi connectivity index (χ4n) is 11.6. The lowest BCUT2D eigenvalue weighted by atomic mass is 10.0. The lowest BCUT2D eigenvalue weighted by Crippen LogP contribution is -2.30. The van der Waals surface area contributed by atoms with E-state index >= 15 is 0 Å². The van der Waals surface area contributed by atoms with Gasteiger partial charge in [-0.25, -0.2) is 9.13 Å². The predicted molar refractivity (Wildman–Crippen MR) is 386 cm³/mol. The Balaban J connectivity index is 5.26. The van der Waals surface area contributed by atoms with Gasteiger partial charge in [-0.05, 0) is 43.4 Å². The van der Waals surface area contributed by atoms with Crippen LogP contribution in [0.2, 0.25) is 0 Å². The Bertz CT molecular complexity index is 1850. The van der Waals surface area contributed by atoms with E-state index in [1.807, 2.05) is 0 Å². The van der Waals surface area contributed by atoms with Crippen LogP contribution in [0.5, 0.6) is 0 Å². The van der Waals surface area contributed by atoms with Crippen LogP contribution in [0.25, 0.3) is 0 Å². The third kappa shape index (κ3) is 70.3. The standard InChI is InChI=1S/C76H148O17P2/c1-8-9-10-11-12-13-14-15-16-19-24-29-36-43-50-57-73(78)86-63-71(92-75(80)59-52-45-37-30-25-20-17-18-22-27-33-40-47-54-67(2)3)65-90-94(82,83)88-61-70(77)62-89-95(84,85)91-66-72(64-87-74(79)58-51-44-39-32-35-42-49-56-69(6)7)93-76(81)60-53-46-38-31-26-21-23-28-34-41-48-55-68(4)5/h67-72,77H,8-66H2,1-7H3,(H,82,83)(H,84,85)/t70-,71-,72-/m1/s1. The Kier molecular flexibility index (Phi) is 65.2. The lowest BCUT2D eigenvalue weighted by Gasteiger charge is -2.21. The largest absolute Gasteiger partial charge is 0.472 e. The summed E-state index contributed by atoms with van der Waals surface area (Å²) < 4.78 is 68.5. The lowest BCUT2D eigenvalue weighted by molar-refractivity contribution is -0.161. The smallest absolute Gasteiger partial charge is 0.462 e. The van der Waals surface area contributed by atoms with Crippen LogP contribution in [0.1, 0.15) is 389 Å². The molecular formula is C76H148O17P2. The summed E-state index contributed by atoms with van der Waals surface area (Å²) in [5.41, 5.74) is 0. The molecule has 95 heavy (non-hydrogen) atoms. The van der Waals surface area contributed by atoms with E-state index in [0.29, 0.717) is 31.6 Å². The molecule has 0 aliphatic rings. The number of phosphoric acid groups is 2. The van der Waals surface area contributed by atoms with E-state index in [1.54, 1.807) is 0 Å². The van der Waals surface area contributed by atoms with Gasteiger partial charge in [-0.15, -0.1) is 0 Å². The van der Waals surface area contributed by atoms with Crippen molar-refractivity contribution >= 4 is 39.5 Å². The summed E-state index contributed by atoms with van der Waals surface area (Å²) in [6.45, 7) is 11.9. The molecule has 2 unspecified atom stereocenters. The third-order valence-electron chi connectivity index (χ3n) is 17.6. The van der Waals surface area contributed by atoms with Gasteiger partial charge in [0.1, 0.15) is 19.3 Å². The Morgan fingerprint density at radius 2 is 0.484 bits per heavy atom. The van der Waals surface area contributed by atoms with Crippen molar-refractivity contribution in [2.24, 2.45) is 17.8 Å². The minimum Gasteiger partial charge on any atom is -0.462 e. The highest BCUT2D eigenvalue weighted by molar-refractivity contribution is 7.47. The van der Waals surface area contributed by atoms with Gasteiger partial charge in [0, 0.05) is 25.7 Å². The molecule has 3 N–H and O–H groups in total. The second kappa shape index (κ2) is 66.6. The van der Waals surface area contributed by atoms with E-state index in [0.717, 1.165) is 108 Å². The molecule has 0 saturated heterocycles. The number of unbranched alkanes of at least 4 members (excludes halogenated alkanes) is 42. The van der Waals surface area contributed by atoms with Gasteiger partial charge >= 0.3 is 39.5 Å². The molecule has 0 aliphatic carbocycles. The molecule has 0 bridgehead atoms. The summed E-state index contributed by atoms with van der Waals surface area (Å²) in [4.78, 5) is 72.8. The molecule has 5 atom stereocenters. The summed E-state index contributed by atoms with van der Waals surface area (Å²) in [5, 5.41) is 10.6. The molecule has 0 saturated carbocycles. The van der Waals surface area contributed by atoms with E-state index in [2.05, 4.69) is 48.5 Å². The number of carbonyl (C=O) groups is 4. The van der Waals surface area contributed by atoms with Crippen molar-refractivity contribution in [1.29, 1.82) is 0 Å². The number of phosphoric ester groups is 2. The number of rotatable bonds is 74. The number of ether oxygens (including phenoxy) is 4. The first kappa shape index (κ1) is 93.1. The number of aliphatic hydroxyl groups is 1. The summed E-state index contributed by atoms with van der Waals surface area (Å²) in [6.07, 6.45) is 52.7. The summed E-state index contributed by atoms with van der Waals surface area (Å²) in [7, 11) is -9.91. The van der Waals surface area contributed by atoms with Gasteiger partial charge in [0.25, 0.3) is 0 Å². The minimum absolute atomic E-state index is 0.106. The fraction of sp³-hybridized carbons (Fsp3) is 0.947. The maximum Gasteiger partial charge on any atom is 0.472 e. The minimum atomic E-state index is -4.96. The zero-order chi connectivity index (χ0) is 70.1. The highest BCUT2D eigenvalue weighted by Gasteiger charge is 2.30. The van der Waals surface area contributed by atoms with Gasteiger partial charge in [0.05, 0.1) is 26.4 Å². The first-order valence-corrected chi connectivity index (χ1v) is 42.3. The molecule has 0 spiro atoms. The Hall–Kier alpha value is -1.94. The third-order valence-corrected chi connectivity index (χ3v) is 19.5. The van der Waals surface area contributed by atoms with Crippen molar-refractivity contribution in [3.8, 4) is 0 Å². The highest BCUT2D eigenvalue weighted by Crippen LogP contribution is 2.45. The van der Waals surface area contributed by atoms with Crippen LogP contribution in [0, 0.1) is 17.8 Å². The van der Waals surface area contributed by atoms with E-state index < -0.39 is 97.5 Å². The molecule has 0 aromatic rings. The van der Waals surface area contributed by atoms with Crippen molar-refractivity contribution in [2.75, 3.05) is 39.6 Å². The quantitative estimate of drug-likeness (QED) is 0.0222. The van der Waals surface area contributed by atoms with Crippen LogP contribution in [-0.4, -0.2) is 96.7 Å². The summed E-state index contributed by atoms with van der Waals surface area (Å²) in [5.74, 6) is 0.139. The zero-order valence-electron chi connectivity index (χ0n) is 62.1. The molecule has 0 amide bonds. The van der Waals surface area contributed by atoms with Crippen molar-refractivity contribution in [2.45, 2.75) is 407 Å². The summed E-state index contributed by atoms with van der Waals surface area (Å²) in [6, 6.07) is 0. The van der Waals surface area contributed by atoms with E-state index in [-0.39, 0.29) is 25.7 Å². The maximum absolute atomic E-state index is 13.1. The zero-order valence-corrected chi connectivity index (χ0v) is 63.9. The van der Waals surface area contributed by atoms with Crippen LogP contribution in [0.4, 0.5) is 0 Å². The average molecular weight is 1400 g/mol. The SMILES string of the molecule is CCCCCCCCCCCCCCCCCC(=O)OC[C@H](COP(=O)(O)OC[C@@H](O)COP(=O)(O)OC[C@@H](COC(=O)CCCCCCCCCC(C)C)OC(=O)CCCCCCCCCCCCCC(C)C)OC(=O)CCCCCCCCCCCCCCCC(C)C. The molecule has 0 fully saturated rings. The molecule has 0 aromatic carbocycles. The van der Waals surface area contributed by atoms with Gasteiger partial charge in [-0.2, -0.15) is 0 Å². The van der Waals surface area contributed by atoms with Gasteiger partial charge in [0.15, 0.2) is 12.2 Å². The number of aliphatic hydroxyl groups excluding tert-OH is 1. The van der Waals surface area contributed by atoms with Crippen LogP contribution in [0.3, 0.4) is 0 Å². The van der Waals surface area contributed by atoms with Crippen molar-refractivity contribution in [3.63, 3.8) is 0 Å². The van der Waals surface area contributed by atoms with Crippen LogP contribution >= 0.6 is 15.6 Å². The van der Waals surface area contributed by atoms with E-state index in [4.69, 9.17) is 37.0 Å². The molecule has 0 heterocycles. The maximum atomic E-state index is 13.1. The monoisotopic (exact) mass is 1400 g/mol. The molecule has 0 rings (SSSR count). The predicted octanol–water partition coefficient (Wildman–Crippen LogP) is 22.2.